The molecule has 2 aromatic carbocycles. The zero-order chi connectivity index (χ0) is 14.2. The number of hydrogen-bond donors (Lipinski definition) is 1. The number of nitrogens with one attached hydrogen (secondary N) is 1. The molecule has 0 aliphatic rings. The van der Waals surface area contributed by atoms with E-state index in [1.165, 1.54) is 0 Å². The highest BCUT2D eigenvalue weighted by molar-refractivity contribution is 9.10. The van der Waals surface area contributed by atoms with Crippen molar-refractivity contribution >= 4 is 44.1 Å². The number of hydrogen-bond acceptors (Lipinski definition) is 4. The van der Waals surface area contributed by atoms with E-state index in [4.69, 9.17) is 0 Å². The van der Waals surface area contributed by atoms with Crippen molar-refractivity contribution in [1.82, 2.24) is 19.6 Å². The number of nitrogens with zero attached hydrogens (tertiary/aromatic N) is 4. The van der Waals surface area contributed by atoms with Gasteiger partial charge in [-0.3, -0.25) is 4.40 Å². The maximum atomic E-state index is 4.66. The zero-order valence-corrected chi connectivity index (χ0v) is 12.4. The van der Waals surface area contributed by atoms with Crippen LogP contribution in [0.25, 0.3) is 16.7 Å². The highest BCUT2D eigenvalue weighted by atomic mass is 79.9. The lowest BCUT2D eigenvalue weighted by Crippen LogP contribution is -2.00. The third kappa shape index (κ3) is 2.04. The third-order valence-electron chi connectivity index (χ3n) is 3.26. The molecule has 0 aliphatic heterocycles. The van der Waals surface area contributed by atoms with Gasteiger partial charge in [0.25, 0.3) is 0 Å². The lowest BCUT2D eigenvalue weighted by Gasteiger charge is -2.10. The minimum Gasteiger partial charge on any atom is -0.336 e. The molecule has 0 atom stereocenters. The first-order valence-electron chi connectivity index (χ1n) is 6.43. The van der Waals surface area contributed by atoms with E-state index in [9.17, 15) is 0 Å². The molecule has 0 saturated heterocycles. The molecule has 0 radical (unpaired) electrons. The molecule has 2 heterocycles. The summed E-state index contributed by atoms with van der Waals surface area (Å²) in [5.74, 6) is 0.679. The van der Waals surface area contributed by atoms with Gasteiger partial charge in [-0.25, -0.2) is 4.98 Å². The Morgan fingerprint density at radius 1 is 1.00 bits per heavy atom. The molecule has 6 heteroatoms. The fourth-order valence-corrected chi connectivity index (χ4v) is 2.66. The molecule has 0 spiro atoms. The van der Waals surface area contributed by atoms with Crippen LogP contribution < -0.4 is 5.32 Å². The first-order valence-corrected chi connectivity index (χ1v) is 7.22. The smallest absolute Gasteiger partial charge is 0.204 e. The average Bonchev–Trinajstić information content (AvgIpc) is 3.00. The maximum absolute atomic E-state index is 4.66. The number of fused-ring (bicyclic) bond motifs is 3. The van der Waals surface area contributed by atoms with E-state index in [1.54, 1.807) is 6.33 Å². The molecule has 2 aromatic heterocycles. The molecule has 5 nitrogen and oxygen atoms in total. The molecule has 0 amide bonds. The van der Waals surface area contributed by atoms with E-state index in [2.05, 4.69) is 36.4 Å². The minimum atomic E-state index is 0.679. The summed E-state index contributed by atoms with van der Waals surface area (Å²) >= 11 is 3.53. The molecule has 1 N–H and O–H groups in total. The Labute approximate surface area is 128 Å². The maximum Gasteiger partial charge on any atom is 0.204 e. The Kier molecular flexibility index (Phi) is 2.82. The molecule has 102 valence electrons. The van der Waals surface area contributed by atoms with Gasteiger partial charge in [-0.15, -0.1) is 10.2 Å². The van der Waals surface area contributed by atoms with Gasteiger partial charge in [0.15, 0.2) is 5.82 Å². The summed E-state index contributed by atoms with van der Waals surface area (Å²) in [5, 5.41) is 11.5. The van der Waals surface area contributed by atoms with Crippen LogP contribution in [0, 0.1) is 0 Å². The van der Waals surface area contributed by atoms with Gasteiger partial charge in [-0.2, -0.15) is 0 Å². The Morgan fingerprint density at radius 2 is 1.81 bits per heavy atom. The normalized spacial score (nSPS) is 11.1. The van der Waals surface area contributed by atoms with E-state index in [0.29, 0.717) is 11.5 Å². The molecule has 0 fully saturated rings. The second-order valence-electron chi connectivity index (χ2n) is 4.58. The quantitative estimate of drug-likeness (QED) is 0.603. The number of anilines is 2. The summed E-state index contributed by atoms with van der Waals surface area (Å²) in [5.41, 5.74) is 3.50. The van der Waals surface area contributed by atoms with E-state index in [1.807, 2.05) is 52.9 Å². The van der Waals surface area contributed by atoms with Crippen LogP contribution >= 0.6 is 15.9 Å². The highest BCUT2D eigenvalue weighted by Crippen LogP contribution is 2.27. The zero-order valence-electron chi connectivity index (χ0n) is 10.9. The van der Waals surface area contributed by atoms with Crippen molar-refractivity contribution in [2.45, 2.75) is 0 Å². The van der Waals surface area contributed by atoms with Crippen LogP contribution in [0.1, 0.15) is 0 Å². The first kappa shape index (κ1) is 12.3. The molecule has 0 unspecified atom stereocenters. The monoisotopic (exact) mass is 339 g/mol. The molecular formula is C15H10BrN5. The highest BCUT2D eigenvalue weighted by Gasteiger charge is 2.11. The summed E-state index contributed by atoms with van der Waals surface area (Å²) < 4.78 is 2.90. The summed E-state index contributed by atoms with van der Waals surface area (Å²) in [4.78, 5) is 4.66. The van der Waals surface area contributed by atoms with Gasteiger partial charge in [-0.1, -0.05) is 24.3 Å². The molecule has 0 saturated carbocycles. The van der Waals surface area contributed by atoms with E-state index < -0.39 is 0 Å². The first-order chi connectivity index (χ1) is 10.3. The van der Waals surface area contributed by atoms with Crippen molar-refractivity contribution in [2.24, 2.45) is 0 Å². The second-order valence-corrected chi connectivity index (χ2v) is 5.43. The van der Waals surface area contributed by atoms with Gasteiger partial charge >= 0.3 is 0 Å². The summed E-state index contributed by atoms with van der Waals surface area (Å²) in [6.45, 7) is 0. The topological polar surface area (TPSA) is 55.1 Å². The Balaban J connectivity index is 1.95. The number of rotatable bonds is 2. The van der Waals surface area contributed by atoms with Crippen molar-refractivity contribution in [1.29, 1.82) is 0 Å². The van der Waals surface area contributed by atoms with Gasteiger partial charge in [0, 0.05) is 4.47 Å². The molecule has 0 aliphatic carbocycles. The summed E-state index contributed by atoms with van der Waals surface area (Å²) in [6.07, 6.45) is 1.70. The van der Waals surface area contributed by atoms with Crippen LogP contribution in [0.15, 0.2) is 59.3 Å². The van der Waals surface area contributed by atoms with E-state index in [0.717, 1.165) is 21.2 Å². The fourth-order valence-electron chi connectivity index (χ4n) is 2.28. The Hall–Kier alpha value is -2.47. The van der Waals surface area contributed by atoms with Crippen LogP contribution in [0.4, 0.5) is 11.5 Å². The molecule has 0 bridgehead atoms. The van der Waals surface area contributed by atoms with E-state index in [-0.39, 0.29) is 0 Å². The average molecular weight is 340 g/mol. The second kappa shape index (κ2) is 4.82. The Morgan fingerprint density at radius 3 is 2.71 bits per heavy atom. The van der Waals surface area contributed by atoms with Gasteiger partial charge in [0.1, 0.15) is 6.33 Å². The van der Waals surface area contributed by atoms with Crippen LogP contribution in [0.2, 0.25) is 0 Å². The largest absolute Gasteiger partial charge is 0.336 e. The third-order valence-corrected chi connectivity index (χ3v) is 3.95. The standard InChI is InChI=1S/C15H10BrN5/c16-10-5-1-2-6-11(10)18-14-15-20-17-9-21(15)13-8-4-3-7-12(13)19-14/h1-9H,(H,18,19). The van der Waals surface area contributed by atoms with Crippen molar-refractivity contribution in [3.05, 3.63) is 59.3 Å². The van der Waals surface area contributed by atoms with Crippen LogP contribution in [0.3, 0.4) is 0 Å². The molecule has 4 aromatic rings. The molecule has 4 rings (SSSR count). The van der Waals surface area contributed by atoms with Crippen molar-refractivity contribution in [3.63, 3.8) is 0 Å². The SMILES string of the molecule is Brc1ccccc1Nc1nc2ccccc2n2cnnc12. The number of halogens is 1. The van der Waals surface area contributed by atoms with Gasteiger partial charge < -0.3 is 5.32 Å². The summed E-state index contributed by atoms with van der Waals surface area (Å²) in [7, 11) is 0. The molecule has 21 heavy (non-hydrogen) atoms. The van der Waals surface area contributed by atoms with Crippen LogP contribution in [-0.2, 0) is 0 Å². The van der Waals surface area contributed by atoms with Crippen molar-refractivity contribution in [2.75, 3.05) is 5.32 Å². The van der Waals surface area contributed by atoms with Gasteiger partial charge in [0.2, 0.25) is 5.65 Å². The molecular weight excluding hydrogens is 330 g/mol. The summed E-state index contributed by atoms with van der Waals surface area (Å²) in [6, 6.07) is 15.8. The number of benzene rings is 2. The minimum absolute atomic E-state index is 0.679. The van der Waals surface area contributed by atoms with Crippen LogP contribution in [0.5, 0.6) is 0 Å². The Bertz CT molecular complexity index is 947. The predicted molar refractivity (Wildman–Crippen MR) is 85.7 cm³/mol. The predicted octanol–water partition coefficient (Wildman–Crippen LogP) is 3.78. The number of aromatic nitrogens is 4. The van der Waals surface area contributed by atoms with Gasteiger partial charge in [0.05, 0.1) is 16.7 Å². The lowest BCUT2D eigenvalue weighted by molar-refractivity contribution is 1.11. The van der Waals surface area contributed by atoms with Crippen molar-refractivity contribution in [3.8, 4) is 0 Å². The van der Waals surface area contributed by atoms with Gasteiger partial charge in [-0.05, 0) is 40.2 Å². The van der Waals surface area contributed by atoms with Crippen molar-refractivity contribution < 1.29 is 0 Å². The number of para-hydroxylation sites is 3. The van der Waals surface area contributed by atoms with E-state index >= 15 is 0 Å². The fraction of sp³-hybridized carbons (Fsp3) is 0. The lowest BCUT2D eigenvalue weighted by atomic mass is 10.3. The van der Waals surface area contributed by atoms with Crippen LogP contribution in [-0.4, -0.2) is 19.6 Å².